The summed E-state index contributed by atoms with van der Waals surface area (Å²) in [4.78, 5) is 4.66. The Hall–Kier alpha value is -1.000. The van der Waals surface area contributed by atoms with Crippen molar-refractivity contribution in [1.82, 2.24) is 25.4 Å². The molecule has 166 valence electrons. The topological polar surface area (TPSA) is 67.1 Å². The molecule has 1 fully saturated rings. The average Bonchev–Trinajstić information content (AvgIpc) is 3.39. The number of hydrogen-bond donors (Lipinski definition) is 2. The van der Waals surface area contributed by atoms with Gasteiger partial charge in [0, 0.05) is 30.6 Å². The van der Waals surface area contributed by atoms with E-state index in [1.807, 2.05) is 24.3 Å². The van der Waals surface area contributed by atoms with E-state index in [1.54, 1.807) is 11.8 Å². The van der Waals surface area contributed by atoms with Crippen LogP contribution in [0.1, 0.15) is 56.5 Å². The quantitative estimate of drug-likeness (QED) is 0.147. The first-order valence-corrected chi connectivity index (χ1v) is 12.1. The Morgan fingerprint density at radius 1 is 1.23 bits per heavy atom. The lowest BCUT2D eigenvalue weighted by Gasteiger charge is -2.16. The van der Waals surface area contributed by atoms with Crippen LogP contribution in [0.25, 0.3) is 0 Å². The molecule has 0 spiro atoms. The van der Waals surface area contributed by atoms with Crippen molar-refractivity contribution in [3.8, 4) is 0 Å². The molecule has 1 aliphatic carbocycles. The number of halogens is 2. The molecule has 3 rings (SSSR count). The van der Waals surface area contributed by atoms with Crippen LogP contribution in [0.3, 0.4) is 0 Å². The zero-order valence-electron chi connectivity index (χ0n) is 17.7. The van der Waals surface area contributed by atoms with Crippen molar-refractivity contribution in [2.45, 2.75) is 63.2 Å². The highest BCUT2D eigenvalue weighted by Crippen LogP contribution is 2.33. The maximum absolute atomic E-state index is 6.23. The highest BCUT2D eigenvalue weighted by Gasteiger charge is 2.23. The van der Waals surface area contributed by atoms with Crippen LogP contribution >= 0.6 is 47.3 Å². The molecule has 0 aliphatic heterocycles. The fourth-order valence-electron chi connectivity index (χ4n) is 3.73. The molecule has 0 amide bonds. The van der Waals surface area contributed by atoms with Gasteiger partial charge in [-0.3, -0.25) is 0 Å². The maximum atomic E-state index is 6.23. The lowest BCUT2D eigenvalue weighted by molar-refractivity contribution is 0.460. The molecule has 0 radical (unpaired) electrons. The monoisotopic (exact) mass is 562 g/mol. The van der Waals surface area contributed by atoms with Crippen molar-refractivity contribution in [1.29, 1.82) is 0 Å². The van der Waals surface area contributed by atoms with Crippen LogP contribution in [0.15, 0.2) is 34.4 Å². The Labute approximate surface area is 206 Å². The summed E-state index contributed by atoms with van der Waals surface area (Å²) in [7, 11) is 0. The van der Waals surface area contributed by atoms with E-state index in [4.69, 9.17) is 11.6 Å². The first-order valence-electron chi connectivity index (χ1n) is 10.5. The molecule has 6 nitrogen and oxygen atoms in total. The lowest BCUT2D eigenvalue weighted by Crippen LogP contribution is -2.38. The van der Waals surface area contributed by atoms with Crippen molar-refractivity contribution in [3.05, 3.63) is 40.7 Å². The summed E-state index contributed by atoms with van der Waals surface area (Å²) >= 11 is 7.93. The third kappa shape index (κ3) is 7.02. The molecule has 1 aliphatic rings. The minimum Gasteiger partial charge on any atom is -0.357 e. The molecular weight excluding hydrogens is 531 g/mol. The molecular formula is C21H32ClIN6S. The van der Waals surface area contributed by atoms with Gasteiger partial charge in [0.15, 0.2) is 11.1 Å². The van der Waals surface area contributed by atoms with Crippen LogP contribution in [0.2, 0.25) is 5.02 Å². The minimum atomic E-state index is 0. The van der Waals surface area contributed by atoms with Crippen molar-refractivity contribution in [3.63, 3.8) is 0 Å². The molecule has 1 saturated carbocycles. The third-order valence-electron chi connectivity index (χ3n) is 5.19. The lowest BCUT2D eigenvalue weighted by atomic mass is 10.2. The number of benzene rings is 1. The van der Waals surface area contributed by atoms with Crippen LogP contribution in [0.5, 0.6) is 0 Å². The summed E-state index contributed by atoms with van der Waals surface area (Å²) in [6, 6.07) is 8.40. The van der Waals surface area contributed by atoms with E-state index < -0.39 is 0 Å². The van der Waals surface area contributed by atoms with Crippen LogP contribution in [0, 0.1) is 0 Å². The van der Waals surface area contributed by atoms with Gasteiger partial charge in [-0.15, -0.1) is 34.2 Å². The number of aryl methyl sites for hydroxylation is 1. The van der Waals surface area contributed by atoms with Crippen molar-refractivity contribution < 1.29 is 0 Å². The molecule has 1 aromatic heterocycles. The predicted molar refractivity (Wildman–Crippen MR) is 137 cm³/mol. The number of aliphatic imine (C=N–C) groups is 1. The Morgan fingerprint density at radius 3 is 2.70 bits per heavy atom. The smallest absolute Gasteiger partial charge is 0.191 e. The summed E-state index contributed by atoms with van der Waals surface area (Å²) < 4.78 is 2.38. The highest BCUT2D eigenvalue weighted by atomic mass is 127. The summed E-state index contributed by atoms with van der Waals surface area (Å²) in [5, 5.41) is 17.4. The summed E-state index contributed by atoms with van der Waals surface area (Å²) in [6.45, 7) is 4.28. The molecule has 0 saturated heterocycles. The van der Waals surface area contributed by atoms with Crippen LogP contribution in [-0.4, -0.2) is 40.1 Å². The van der Waals surface area contributed by atoms with Gasteiger partial charge in [0.25, 0.3) is 0 Å². The second kappa shape index (κ2) is 13.4. The van der Waals surface area contributed by atoms with Gasteiger partial charge in [0.1, 0.15) is 5.82 Å². The maximum Gasteiger partial charge on any atom is 0.191 e. The highest BCUT2D eigenvalue weighted by molar-refractivity contribution is 14.0. The molecule has 2 N–H and O–H groups in total. The van der Waals surface area contributed by atoms with Crippen LogP contribution < -0.4 is 10.6 Å². The second-order valence-electron chi connectivity index (χ2n) is 7.23. The molecule has 30 heavy (non-hydrogen) atoms. The summed E-state index contributed by atoms with van der Waals surface area (Å²) in [5.41, 5.74) is 1.03. The molecule has 1 heterocycles. The molecule has 2 aromatic rings. The molecule has 0 atom stereocenters. The largest absolute Gasteiger partial charge is 0.357 e. The summed E-state index contributed by atoms with van der Waals surface area (Å²) in [6.07, 6.45) is 9.10. The first-order chi connectivity index (χ1) is 14.2. The van der Waals surface area contributed by atoms with E-state index in [-0.39, 0.29) is 24.0 Å². The fraction of sp³-hybridized carbons (Fsp3) is 0.571. The molecule has 0 unspecified atom stereocenters. The number of nitrogens with zero attached hydrogens (tertiary/aromatic N) is 4. The normalized spacial score (nSPS) is 14.6. The van der Waals surface area contributed by atoms with E-state index in [9.17, 15) is 0 Å². The average molecular weight is 563 g/mol. The number of hydrogen-bond acceptors (Lipinski definition) is 4. The predicted octanol–water partition coefficient (Wildman–Crippen LogP) is 5.07. The van der Waals surface area contributed by atoms with E-state index in [2.05, 4.69) is 43.6 Å². The van der Waals surface area contributed by atoms with Gasteiger partial charge in [-0.05, 0) is 44.1 Å². The van der Waals surface area contributed by atoms with Crippen molar-refractivity contribution in [2.24, 2.45) is 4.99 Å². The number of guanidine groups is 1. The van der Waals surface area contributed by atoms with E-state index >= 15 is 0 Å². The zero-order valence-corrected chi connectivity index (χ0v) is 21.6. The van der Waals surface area contributed by atoms with E-state index in [0.717, 1.165) is 53.5 Å². The summed E-state index contributed by atoms with van der Waals surface area (Å²) in [5.74, 6) is 1.93. The third-order valence-corrected chi connectivity index (χ3v) is 6.20. The van der Waals surface area contributed by atoms with E-state index in [1.165, 1.54) is 25.7 Å². The zero-order chi connectivity index (χ0) is 20.5. The molecule has 9 heteroatoms. The van der Waals surface area contributed by atoms with Gasteiger partial charge in [0.2, 0.25) is 0 Å². The van der Waals surface area contributed by atoms with Gasteiger partial charge < -0.3 is 15.2 Å². The second-order valence-corrected chi connectivity index (χ2v) is 8.41. The van der Waals surface area contributed by atoms with E-state index in [0.29, 0.717) is 12.6 Å². The number of thioether (sulfide) groups is 1. The van der Waals surface area contributed by atoms with Crippen LogP contribution in [0.4, 0.5) is 0 Å². The van der Waals surface area contributed by atoms with Gasteiger partial charge >= 0.3 is 0 Å². The number of rotatable bonds is 9. The number of nitrogens with one attached hydrogen (secondary N) is 2. The Kier molecular flexibility index (Phi) is 11.3. The first kappa shape index (κ1) is 25.3. The minimum absolute atomic E-state index is 0. The Morgan fingerprint density at radius 2 is 2.00 bits per heavy atom. The van der Waals surface area contributed by atoms with Crippen LogP contribution in [-0.2, 0) is 13.0 Å². The number of aromatic nitrogens is 3. The molecule has 0 bridgehead atoms. The molecule has 1 aromatic carbocycles. The van der Waals surface area contributed by atoms with Gasteiger partial charge in [0.05, 0.1) is 6.54 Å². The van der Waals surface area contributed by atoms with Gasteiger partial charge in [-0.2, -0.15) is 0 Å². The van der Waals surface area contributed by atoms with Gasteiger partial charge in [-0.25, -0.2) is 4.99 Å². The fourth-order valence-corrected chi connectivity index (χ4v) is 4.50. The van der Waals surface area contributed by atoms with Crippen molar-refractivity contribution >= 4 is 53.3 Å². The SMILES string of the molecule is CCNC(=NCc1ccccc1Cl)NCCCc1nnc(SC)n1C1CCCC1.I. The van der Waals surface area contributed by atoms with Crippen molar-refractivity contribution in [2.75, 3.05) is 19.3 Å². The Balaban J connectivity index is 0.00000320. The Bertz CT molecular complexity index is 807. The standard InChI is InChI=1S/C21H31ClN6S.HI/c1-3-23-20(25-15-16-9-4-7-12-18(16)22)24-14-8-13-19-26-27-21(29-2)28(19)17-10-5-6-11-17;/h4,7,9,12,17H,3,5-6,8,10-11,13-15H2,1-2H3,(H2,23,24,25);1H. The van der Waals surface area contributed by atoms with Gasteiger partial charge in [-0.1, -0.05) is 54.4 Å².